The van der Waals surface area contributed by atoms with Gasteiger partial charge in [0, 0.05) is 25.3 Å². The van der Waals surface area contributed by atoms with Gasteiger partial charge in [-0.15, -0.1) is 0 Å². The molecule has 11 heteroatoms. The van der Waals surface area contributed by atoms with Crippen LogP contribution in [0.25, 0.3) is 11.0 Å². The minimum Gasteiger partial charge on any atom is -0.489 e. The maximum Gasteiger partial charge on any atom is 0.335 e. The van der Waals surface area contributed by atoms with Gasteiger partial charge >= 0.3 is 5.97 Å². The third kappa shape index (κ3) is 5.82. The Balaban J connectivity index is 1.11. The van der Waals surface area contributed by atoms with Crippen molar-refractivity contribution in [3.8, 4) is 17.2 Å². The van der Waals surface area contributed by atoms with E-state index in [0.717, 1.165) is 67.4 Å². The number of nitrogens with zero attached hydrogens (tertiary/aromatic N) is 4. The molecule has 2 aromatic heterocycles. The summed E-state index contributed by atoms with van der Waals surface area (Å²) in [7, 11) is 0. The average molecular weight is 633 g/mol. The lowest BCUT2D eigenvalue weighted by molar-refractivity contribution is -0.0722. The van der Waals surface area contributed by atoms with Crippen LogP contribution in [0.3, 0.4) is 0 Å². The lowest BCUT2D eigenvalue weighted by Gasteiger charge is -2.33. The molecule has 3 aliphatic heterocycles. The molecule has 5 heterocycles. The molecule has 2 atom stereocenters. The minimum absolute atomic E-state index is 0.0889. The van der Waals surface area contributed by atoms with Crippen LogP contribution in [-0.2, 0) is 23.6 Å². The molecular formula is C34H37ClN4O6. The topological polar surface area (TPSA) is 108 Å². The zero-order valence-electron chi connectivity index (χ0n) is 25.7. The predicted octanol–water partition coefficient (Wildman–Crippen LogP) is 6.38. The smallest absolute Gasteiger partial charge is 0.335 e. The number of benzene rings is 2. The number of pyridine rings is 1. The van der Waals surface area contributed by atoms with Crippen LogP contribution in [0, 0.1) is 0 Å². The number of piperidine rings is 1. The van der Waals surface area contributed by atoms with E-state index in [0.29, 0.717) is 41.0 Å². The van der Waals surface area contributed by atoms with Gasteiger partial charge in [0.2, 0.25) is 0 Å². The van der Waals surface area contributed by atoms with Crippen molar-refractivity contribution in [2.45, 2.75) is 77.0 Å². The number of aromatic carboxylic acids is 1. The second-order valence-electron chi connectivity index (χ2n) is 12.5. The van der Waals surface area contributed by atoms with Gasteiger partial charge in [0.25, 0.3) is 5.79 Å². The summed E-state index contributed by atoms with van der Waals surface area (Å²) in [5.41, 5.74) is 3.45. The summed E-state index contributed by atoms with van der Waals surface area (Å²) in [6, 6.07) is 13.0. The number of hydrogen-bond acceptors (Lipinski definition) is 8. The van der Waals surface area contributed by atoms with Gasteiger partial charge < -0.3 is 28.6 Å². The molecule has 4 aromatic rings. The van der Waals surface area contributed by atoms with Crippen LogP contribution in [0.2, 0.25) is 5.02 Å². The molecule has 10 nitrogen and oxygen atoms in total. The lowest BCUT2D eigenvalue weighted by Crippen LogP contribution is -2.35. The zero-order chi connectivity index (χ0) is 31.3. The van der Waals surface area contributed by atoms with E-state index in [9.17, 15) is 9.90 Å². The van der Waals surface area contributed by atoms with Gasteiger partial charge in [-0.3, -0.25) is 9.88 Å². The molecule has 45 heavy (non-hydrogen) atoms. The Bertz CT molecular complexity index is 1730. The molecule has 0 bridgehead atoms. The first-order valence-corrected chi connectivity index (χ1v) is 15.9. The highest BCUT2D eigenvalue weighted by molar-refractivity contribution is 6.30. The molecule has 236 valence electrons. The van der Waals surface area contributed by atoms with E-state index in [2.05, 4.69) is 20.5 Å². The van der Waals surface area contributed by atoms with Gasteiger partial charge in [0.1, 0.15) is 22.8 Å². The average Bonchev–Trinajstić information content (AvgIpc) is 3.52. The molecule has 0 saturated carbocycles. The molecule has 0 radical (unpaired) electrons. The maximum atomic E-state index is 12.0. The largest absolute Gasteiger partial charge is 0.489 e. The number of carboxylic acid groups (broad SMARTS) is 1. The summed E-state index contributed by atoms with van der Waals surface area (Å²) in [5.74, 6) is 1.18. The number of rotatable bonds is 9. The third-order valence-corrected chi connectivity index (χ3v) is 9.11. The first kappa shape index (κ1) is 29.8. The third-order valence-electron chi connectivity index (χ3n) is 8.88. The molecule has 2 aromatic carbocycles. The number of halogens is 1. The van der Waals surface area contributed by atoms with E-state index < -0.39 is 11.8 Å². The Labute approximate surface area is 266 Å². The van der Waals surface area contributed by atoms with Crippen molar-refractivity contribution in [3.05, 3.63) is 76.3 Å². The van der Waals surface area contributed by atoms with Crippen molar-refractivity contribution >= 4 is 28.6 Å². The first-order chi connectivity index (χ1) is 21.7. The fourth-order valence-corrected chi connectivity index (χ4v) is 6.60. The minimum atomic E-state index is -1.02. The molecule has 0 amide bonds. The molecule has 2 saturated heterocycles. The van der Waals surface area contributed by atoms with Gasteiger partial charge in [-0.05, 0) is 82.4 Å². The highest BCUT2D eigenvalue weighted by Crippen LogP contribution is 2.49. The standard InChI is InChI=1S/C34H37ClN4O6/c1-20(2)43-28-16-22(33(40)41)15-26-31(28)37-30(39(26)18-24-11-14-42-24)19-38-12-9-21(10-13-38)25-5-4-6-27-32(25)45-34(3,44-27)29-8-7-23(35)17-36-29/h4-8,15-17,20-21,24H,9-14,18-19H2,1-3H3,(H,40,41)/t24-,34?/m0/s1. The van der Waals surface area contributed by atoms with Crippen LogP contribution in [0.4, 0.5) is 0 Å². The van der Waals surface area contributed by atoms with Gasteiger partial charge in [0.15, 0.2) is 11.5 Å². The summed E-state index contributed by atoms with van der Waals surface area (Å²) < 4.78 is 26.7. The second-order valence-corrected chi connectivity index (χ2v) is 12.9. The van der Waals surface area contributed by atoms with Crippen LogP contribution in [-0.4, -0.2) is 62.4 Å². The van der Waals surface area contributed by atoms with E-state index in [1.807, 2.05) is 39.0 Å². The number of likely N-dealkylation sites (tertiary alicyclic amines) is 1. The summed E-state index contributed by atoms with van der Waals surface area (Å²) >= 11 is 6.06. The van der Waals surface area contributed by atoms with Crippen molar-refractivity contribution in [2.24, 2.45) is 0 Å². The van der Waals surface area contributed by atoms with Crippen LogP contribution < -0.4 is 14.2 Å². The highest BCUT2D eigenvalue weighted by Gasteiger charge is 2.42. The number of aromatic nitrogens is 3. The maximum absolute atomic E-state index is 12.0. The van der Waals surface area contributed by atoms with Crippen LogP contribution >= 0.6 is 11.6 Å². The van der Waals surface area contributed by atoms with E-state index in [1.165, 1.54) is 0 Å². The number of carbonyl (C=O) groups is 1. The van der Waals surface area contributed by atoms with Crippen LogP contribution in [0.1, 0.15) is 73.4 Å². The van der Waals surface area contributed by atoms with Crippen molar-refractivity contribution in [3.63, 3.8) is 0 Å². The molecule has 3 aliphatic rings. The number of carboxylic acids is 1. The van der Waals surface area contributed by atoms with Crippen molar-refractivity contribution in [1.29, 1.82) is 0 Å². The molecular weight excluding hydrogens is 596 g/mol. The fourth-order valence-electron chi connectivity index (χ4n) is 6.48. The number of para-hydroxylation sites is 1. The molecule has 7 rings (SSSR count). The fraction of sp³-hybridized carbons (Fsp3) is 0.441. The number of imidazole rings is 1. The Morgan fingerprint density at radius 3 is 2.62 bits per heavy atom. The Hall–Kier alpha value is -3.86. The zero-order valence-corrected chi connectivity index (χ0v) is 26.4. The first-order valence-electron chi connectivity index (χ1n) is 15.6. The number of hydrogen-bond donors (Lipinski definition) is 1. The molecule has 1 N–H and O–H groups in total. The molecule has 2 fully saturated rings. The van der Waals surface area contributed by atoms with Gasteiger partial charge in [-0.1, -0.05) is 23.7 Å². The highest BCUT2D eigenvalue weighted by atomic mass is 35.5. The van der Waals surface area contributed by atoms with E-state index >= 15 is 0 Å². The Morgan fingerprint density at radius 1 is 1.16 bits per heavy atom. The summed E-state index contributed by atoms with van der Waals surface area (Å²) in [4.78, 5) is 23.9. The lowest BCUT2D eigenvalue weighted by atomic mass is 9.88. The summed E-state index contributed by atoms with van der Waals surface area (Å²) in [5, 5.41) is 10.4. The molecule has 1 unspecified atom stereocenters. The number of ether oxygens (including phenoxy) is 4. The predicted molar refractivity (Wildman–Crippen MR) is 168 cm³/mol. The molecule has 0 aliphatic carbocycles. The van der Waals surface area contributed by atoms with Gasteiger partial charge in [-0.2, -0.15) is 0 Å². The van der Waals surface area contributed by atoms with Crippen LogP contribution in [0.5, 0.6) is 17.2 Å². The van der Waals surface area contributed by atoms with Crippen LogP contribution in [0.15, 0.2) is 48.7 Å². The van der Waals surface area contributed by atoms with E-state index in [-0.39, 0.29) is 17.8 Å². The SMILES string of the molecule is CC(C)Oc1cc(C(=O)O)cc2c1nc(CN1CCC(c3cccc4c3OC(C)(c3ccc(Cl)cn3)O4)CC1)n2C[C@@H]1CCO1. The summed E-state index contributed by atoms with van der Waals surface area (Å²) in [6.45, 7) is 9.51. The van der Waals surface area contributed by atoms with E-state index in [1.54, 1.807) is 24.4 Å². The normalized spacial score (nSPS) is 21.8. The second kappa shape index (κ2) is 11.8. The van der Waals surface area contributed by atoms with Crippen molar-refractivity contribution in [2.75, 3.05) is 19.7 Å². The summed E-state index contributed by atoms with van der Waals surface area (Å²) in [6.07, 6.45) is 4.45. The quantitative estimate of drug-likeness (QED) is 0.225. The van der Waals surface area contributed by atoms with Crippen molar-refractivity contribution < 1.29 is 28.8 Å². The molecule has 0 spiro atoms. The number of fused-ring (bicyclic) bond motifs is 2. The van der Waals surface area contributed by atoms with Gasteiger partial charge in [0.05, 0.1) is 41.4 Å². The monoisotopic (exact) mass is 632 g/mol. The van der Waals surface area contributed by atoms with Gasteiger partial charge in [-0.25, -0.2) is 9.78 Å². The Kier molecular flexibility index (Phi) is 7.83. The Morgan fingerprint density at radius 2 is 1.96 bits per heavy atom. The van der Waals surface area contributed by atoms with E-state index in [4.69, 9.17) is 35.5 Å². The van der Waals surface area contributed by atoms with Crippen molar-refractivity contribution in [1.82, 2.24) is 19.4 Å².